The molecule has 0 bridgehead atoms. The largest absolute Gasteiger partial charge is 0.481 e. The van der Waals surface area contributed by atoms with Crippen molar-refractivity contribution < 1.29 is 39.2 Å². The van der Waals surface area contributed by atoms with Crippen molar-refractivity contribution in [2.45, 2.75) is 117 Å². The molecule has 398 valence electrons. The molecule has 10 nitrogen and oxygen atoms in total. The first-order valence-electron chi connectivity index (χ1n) is 24.8. The van der Waals surface area contributed by atoms with Crippen molar-refractivity contribution in [1.29, 1.82) is 0 Å². The summed E-state index contributed by atoms with van der Waals surface area (Å²) in [6, 6.07) is 32.4. The van der Waals surface area contributed by atoms with Crippen molar-refractivity contribution >= 4 is 119 Å². The average molecular weight is 1240 g/mol. The molecule has 0 aliphatic rings. The van der Waals surface area contributed by atoms with Crippen LogP contribution in [0.5, 0.6) is 0 Å². The number of carbonyl (C=O) groups excluding carboxylic acids is 2. The van der Waals surface area contributed by atoms with E-state index in [1.807, 2.05) is 76.5 Å². The van der Waals surface area contributed by atoms with Crippen molar-refractivity contribution in [3.05, 3.63) is 141 Å². The molecule has 0 saturated heterocycles. The summed E-state index contributed by atoms with van der Waals surface area (Å²) >= 11 is 21.8. The highest BCUT2D eigenvalue weighted by atomic mass is 79.9. The molecule has 2 unspecified atom stereocenters. The summed E-state index contributed by atoms with van der Waals surface area (Å²) < 4.78 is 8.72. The number of hydrogen-bond acceptors (Lipinski definition) is 6. The number of carbonyl (C=O) groups is 4. The Morgan fingerprint density at radius 3 is 1.14 bits per heavy atom. The van der Waals surface area contributed by atoms with Crippen LogP contribution in [0.1, 0.15) is 134 Å². The summed E-state index contributed by atoms with van der Waals surface area (Å²) in [6.07, 6.45) is 13.1. The zero-order valence-corrected chi connectivity index (χ0v) is 49.7. The number of fused-ring (bicyclic) bond motifs is 2. The van der Waals surface area contributed by atoms with Crippen LogP contribution in [0.3, 0.4) is 0 Å². The predicted octanol–water partition coefficient (Wildman–Crippen LogP) is 15.7. The number of unbranched alkanes of at least 4 members (excludes halogenated alkanes) is 6. The zero-order valence-electron chi connectivity index (χ0n) is 43.5. The Hall–Kier alpha value is -3.76. The second kappa shape index (κ2) is 36.3. The van der Waals surface area contributed by atoms with Crippen LogP contribution in [0.15, 0.2) is 97.1 Å². The van der Waals surface area contributed by atoms with Gasteiger partial charge in [0.1, 0.15) is 0 Å². The zero-order chi connectivity index (χ0) is 54.5. The van der Waals surface area contributed by atoms with E-state index in [4.69, 9.17) is 38.5 Å². The van der Waals surface area contributed by atoms with Gasteiger partial charge in [0, 0.05) is 115 Å². The number of carboxylic acids is 2. The fourth-order valence-corrected chi connectivity index (χ4v) is 9.31. The monoisotopic (exact) mass is 1230 g/mol. The lowest BCUT2D eigenvalue weighted by Crippen LogP contribution is -2.12. The number of aliphatic hydroxyl groups is 1. The molecule has 0 aliphatic carbocycles. The van der Waals surface area contributed by atoms with Crippen LogP contribution < -0.4 is 0 Å². The van der Waals surface area contributed by atoms with Gasteiger partial charge in [0.15, 0.2) is 11.6 Å². The maximum absolute atomic E-state index is 13.2. The van der Waals surface area contributed by atoms with Gasteiger partial charge < -0.3 is 29.2 Å². The van der Waals surface area contributed by atoms with E-state index >= 15 is 0 Å². The van der Waals surface area contributed by atoms with Gasteiger partial charge in [-0.25, -0.2) is 0 Å². The Labute approximate surface area is 468 Å². The number of ketones is 2. The molecule has 0 saturated carbocycles. The highest BCUT2D eigenvalue weighted by molar-refractivity contribution is 9.69. The molecule has 73 heavy (non-hydrogen) atoms. The maximum atomic E-state index is 13.2. The fraction of sp³-hybridized carbons (Fsp3) is 0.439. The maximum Gasteiger partial charge on any atom is 0.369 e. The second-order valence-corrected chi connectivity index (χ2v) is 25.5. The van der Waals surface area contributed by atoms with E-state index in [9.17, 15) is 19.2 Å². The van der Waals surface area contributed by atoms with E-state index in [1.54, 1.807) is 14.2 Å². The van der Waals surface area contributed by atoms with Crippen LogP contribution in [0.4, 0.5) is 0 Å². The third kappa shape index (κ3) is 23.8. The first-order valence-corrected chi connectivity index (χ1v) is 28.3. The second-order valence-electron chi connectivity index (χ2n) is 18.2. The van der Waals surface area contributed by atoms with Crippen LogP contribution in [0.25, 0.3) is 21.8 Å². The fourth-order valence-electron chi connectivity index (χ4n) is 8.96. The minimum atomic E-state index is -0.873. The summed E-state index contributed by atoms with van der Waals surface area (Å²) in [5, 5.41) is 28.1. The molecule has 2 heterocycles. The molecule has 16 heteroatoms. The third-order valence-electron chi connectivity index (χ3n) is 12.2. The molecule has 6 rings (SSSR count). The van der Waals surface area contributed by atoms with Crippen molar-refractivity contribution in [3.8, 4) is 0 Å². The van der Waals surface area contributed by atoms with Gasteiger partial charge in [-0.05, 0) is 111 Å². The Bertz CT molecular complexity index is 2420. The molecule has 2 atom stereocenters. The van der Waals surface area contributed by atoms with Gasteiger partial charge >= 0.3 is 15.1 Å². The molecular weight excluding hydrogens is 1160 g/mol. The number of hydrogen-bond donors (Lipinski definition) is 3. The number of aromatic nitrogens is 2. The molecule has 0 radical (unpaired) electrons. The lowest BCUT2D eigenvalue weighted by molar-refractivity contribution is -0.139. The van der Waals surface area contributed by atoms with E-state index in [-0.39, 0.29) is 52.3 Å². The number of methoxy groups -OCH3 is 1. The Kier molecular flexibility index (Phi) is 32.5. The molecule has 4 aromatic carbocycles. The average Bonchev–Trinajstić information content (AvgIpc) is 3.77. The number of nitrogens with zero attached hydrogens (tertiary/aromatic N) is 2. The number of aliphatic carboxylic acids is 2. The number of rotatable bonds is 24. The molecule has 0 amide bonds. The minimum Gasteiger partial charge on any atom is -0.481 e. The van der Waals surface area contributed by atoms with E-state index in [0.717, 1.165) is 117 Å². The first kappa shape index (κ1) is 65.4. The van der Waals surface area contributed by atoms with Gasteiger partial charge in [0.25, 0.3) is 0 Å². The van der Waals surface area contributed by atoms with Crippen molar-refractivity contribution in [3.63, 3.8) is 0 Å². The molecule has 3 N–H and O–H groups in total. The summed E-state index contributed by atoms with van der Waals surface area (Å²) in [5.41, 5.74) is 8.21. The number of ether oxygens (including phenoxy) is 1. The van der Waals surface area contributed by atoms with Gasteiger partial charge in [-0.15, -0.1) is 47.3 Å². The predicted molar refractivity (Wildman–Crippen MR) is 315 cm³/mol. The van der Waals surface area contributed by atoms with Crippen LogP contribution in [0.2, 0.25) is 10.0 Å². The SMILES string of the molecule is BrB(Br)Br.CC(CC(=O)O)CC(=O)c1c(CCCCCCc2ccccc2)n(C)c2ccc(Cl)cc12.CC(CC(=O)O)CC(=O)c1c(CCCCCCc2ccccc2)n(C)c2ccc(Cl)cc12.CO.COC. The summed E-state index contributed by atoms with van der Waals surface area (Å²) in [5.74, 6) is -2.15. The van der Waals surface area contributed by atoms with Crippen LogP contribution in [-0.4, -0.2) is 72.5 Å². The van der Waals surface area contributed by atoms with E-state index in [1.165, 1.54) is 11.1 Å². The molecule has 6 aromatic rings. The highest BCUT2D eigenvalue weighted by Crippen LogP contribution is 2.33. The van der Waals surface area contributed by atoms with Gasteiger partial charge in [0.05, 0.1) is 0 Å². The molecule has 0 aliphatic heterocycles. The summed E-state index contributed by atoms with van der Waals surface area (Å²) in [6.45, 7) is 3.63. The Morgan fingerprint density at radius 2 is 0.836 bits per heavy atom. The van der Waals surface area contributed by atoms with Gasteiger partial charge in [-0.3, -0.25) is 19.2 Å². The third-order valence-corrected chi connectivity index (χ3v) is 12.7. The normalized spacial score (nSPS) is 11.4. The minimum absolute atomic E-state index is 0.00527. The number of Topliss-reactive ketones (excluding diaryl/α,β-unsaturated/α-hetero) is 2. The number of aryl methyl sites for hydroxylation is 4. The van der Waals surface area contributed by atoms with E-state index < -0.39 is 11.9 Å². The van der Waals surface area contributed by atoms with Crippen LogP contribution in [-0.2, 0) is 54.1 Å². The summed E-state index contributed by atoms with van der Waals surface area (Å²) in [7, 11) is 8.25. The lowest BCUT2D eigenvalue weighted by Gasteiger charge is -2.11. The summed E-state index contributed by atoms with van der Waals surface area (Å²) in [4.78, 5) is 48.6. The highest BCUT2D eigenvalue weighted by Gasteiger charge is 2.25. The van der Waals surface area contributed by atoms with E-state index in [2.05, 4.69) is 110 Å². The van der Waals surface area contributed by atoms with Crippen molar-refractivity contribution in [1.82, 2.24) is 9.13 Å². The molecule has 0 fully saturated rings. The Morgan fingerprint density at radius 1 is 0.534 bits per heavy atom. The smallest absolute Gasteiger partial charge is 0.369 e. The topological polar surface area (TPSA) is 148 Å². The van der Waals surface area contributed by atoms with Crippen molar-refractivity contribution in [2.24, 2.45) is 25.9 Å². The van der Waals surface area contributed by atoms with Crippen LogP contribution in [0, 0.1) is 11.8 Å². The quantitative estimate of drug-likeness (QED) is 0.0308. The number of benzene rings is 4. The van der Waals surface area contributed by atoms with Gasteiger partial charge in [-0.1, -0.05) is 123 Å². The van der Waals surface area contributed by atoms with Gasteiger partial charge in [0.2, 0.25) is 0 Å². The molecular formula is C57H74BBr3Cl2N2O8. The van der Waals surface area contributed by atoms with Crippen molar-refractivity contribution in [2.75, 3.05) is 21.3 Å². The first-order chi connectivity index (χ1) is 34.9. The Balaban J connectivity index is 0.000000430. The number of halogens is 5. The standard InChI is InChI=1S/2C27H32ClNO3.C2H6O.CH4O.BBr3/c2*1-19(17-26(31)32)16-25(30)27-22-18-21(28)14-15-23(22)29(2)24(27)13-9-4-3-6-10-20-11-7-5-8-12-20;1-3-2;1-2;2-1(3)4/h2*5,7-8,11-12,14-15,18-19H,3-4,6,9-10,13,16-17H2,1-2H3,(H,31,32);1-2H3;2H,1H3;. The lowest BCUT2D eigenvalue weighted by atomic mass is 9.94. The van der Waals surface area contributed by atoms with Crippen LogP contribution >= 0.6 is 70.5 Å². The van der Waals surface area contributed by atoms with Gasteiger partial charge in [-0.2, -0.15) is 0 Å². The molecule has 0 spiro atoms. The van der Waals surface area contributed by atoms with E-state index in [0.29, 0.717) is 21.2 Å². The number of carboxylic acid groups (broad SMARTS) is 2. The number of aliphatic hydroxyl groups excluding tert-OH is 1. The molecule has 2 aromatic heterocycles.